The zero-order chi connectivity index (χ0) is 20.3. The molecule has 3 rings (SSSR count). The summed E-state index contributed by atoms with van der Waals surface area (Å²) in [6.07, 6.45) is 0. The number of hydrogen-bond acceptors (Lipinski definition) is 5. The summed E-state index contributed by atoms with van der Waals surface area (Å²) >= 11 is 0.897. The average Bonchev–Trinajstić information content (AvgIpc) is 3.15. The Hall–Kier alpha value is -2.78. The van der Waals surface area contributed by atoms with Gasteiger partial charge in [-0.2, -0.15) is 0 Å². The number of thiophene rings is 1. The van der Waals surface area contributed by atoms with E-state index in [1.54, 1.807) is 4.90 Å². The maximum atomic E-state index is 12.5. The van der Waals surface area contributed by atoms with Crippen LogP contribution in [0.4, 0.5) is 10.7 Å². The molecule has 1 aliphatic heterocycles. The summed E-state index contributed by atoms with van der Waals surface area (Å²) in [5.74, 6) is -0.224. The topological polar surface area (TPSA) is 97.0 Å². The van der Waals surface area contributed by atoms with Gasteiger partial charge in [0.1, 0.15) is 0 Å². The number of nitrogens with one attached hydrogen (secondary N) is 2. The van der Waals surface area contributed by atoms with E-state index in [2.05, 4.69) is 5.32 Å². The third-order valence-electron chi connectivity index (χ3n) is 4.90. The van der Waals surface area contributed by atoms with E-state index in [9.17, 15) is 19.7 Å². The van der Waals surface area contributed by atoms with E-state index in [0.717, 1.165) is 33.1 Å². The highest BCUT2D eigenvalue weighted by Gasteiger charge is 2.27. The van der Waals surface area contributed by atoms with Gasteiger partial charge >= 0.3 is 5.00 Å². The Balaban J connectivity index is 1.51. The third-order valence-corrected chi connectivity index (χ3v) is 5.92. The quantitative estimate of drug-likeness (QED) is 0.580. The molecule has 1 aromatic carbocycles. The number of carbonyl (C=O) groups excluding carboxylic acids is 2. The van der Waals surface area contributed by atoms with Crippen molar-refractivity contribution in [3.63, 3.8) is 0 Å². The number of amides is 2. The van der Waals surface area contributed by atoms with Crippen LogP contribution in [0.1, 0.15) is 20.8 Å². The second-order valence-electron chi connectivity index (χ2n) is 6.93. The summed E-state index contributed by atoms with van der Waals surface area (Å²) in [5.41, 5.74) is 2.92. The highest BCUT2D eigenvalue weighted by Crippen LogP contribution is 2.25. The Bertz CT molecular complexity index is 883. The van der Waals surface area contributed by atoms with Gasteiger partial charge in [-0.25, -0.2) is 0 Å². The van der Waals surface area contributed by atoms with E-state index < -0.39 is 4.92 Å². The number of aryl methyl sites for hydroxylation is 2. The molecule has 2 heterocycles. The summed E-state index contributed by atoms with van der Waals surface area (Å²) in [5, 5.41) is 13.7. The number of benzene rings is 1. The standard InChI is InChI=1S/C19H22N4O4S/c1-13-4-3-5-14(2)18(13)20-16(24)12-21-8-10-22(11-9-21)19(25)15-6-7-17(28-15)23(26)27/h3-7H,8-12H2,1-2H3,(H,20,24)/p+1. The summed E-state index contributed by atoms with van der Waals surface area (Å²) in [4.78, 5) is 38.4. The summed E-state index contributed by atoms with van der Waals surface area (Å²) in [6, 6.07) is 8.76. The molecule has 0 radical (unpaired) electrons. The molecular formula is C19H23N4O4S+. The van der Waals surface area contributed by atoms with Crippen LogP contribution in [-0.4, -0.2) is 54.4 Å². The molecule has 0 bridgehead atoms. The van der Waals surface area contributed by atoms with Gasteiger partial charge < -0.3 is 15.1 Å². The van der Waals surface area contributed by atoms with Crippen molar-refractivity contribution >= 4 is 33.8 Å². The fraction of sp³-hybridized carbons (Fsp3) is 0.368. The van der Waals surface area contributed by atoms with Crippen LogP contribution in [0, 0.1) is 24.0 Å². The number of quaternary nitrogens is 1. The van der Waals surface area contributed by atoms with Crippen LogP contribution in [0.15, 0.2) is 30.3 Å². The lowest BCUT2D eigenvalue weighted by Crippen LogP contribution is -3.15. The number of rotatable bonds is 5. The molecule has 0 atom stereocenters. The van der Waals surface area contributed by atoms with Gasteiger partial charge in [0.15, 0.2) is 6.54 Å². The Morgan fingerprint density at radius 3 is 2.39 bits per heavy atom. The normalized spacial score (nSPS) is 14.7. The molecule has 0 unspecified atom stereocenters. The fourth-order valence-corrected chi connectivity index (χ4v) is 4.11. The molecule has 0 aliphatic carbocycles. The van der Waals surface area contributed by atoms with Crippen LogP contribution in [0.3, 0.4) is 0 Å². The van der Waals surface area contributed by atoms with Gasteiger partial charge in [-0.1, -0.05) is 29.5 Å². The number of anilines is 1. The molecule has 148 valence electrons. The highest BCUT2D eigenvalue weighted by atomic mass is 32.1. The van der Waals surface area contributed by atoms with Crippen LogP contribution in [-0.2, 0) is 4.79 Å². The molecule has 2 N–H and O–H groups in total. The Morgan fingerprint density at radius 1 is 1.18 bits per heavy atom. The lowest BCUT2D eigenvalue weighted by molar-refractivity contribution is -0.895. The van der Waals surface area contributed by atoms with Crippen molar-refractivity contribution in [3.8, 4) is 0 Å². The molecule has 2 aromatic rings. The average molecular weight is 403 g/mol. The first-order valence-corrected chi connectivity index (χ1v) is 9.90. The van der Waals surface area contributed by atoms with Crippen molar-refractivity contribution in [1.29, 1.82) is 0 Å². The van der Waals surface area contributed by atoms with Crippen LogP contribution >= 0.6 is 11.3 Å². The number of hydrogen-bond donors (Lipinski definition) is 2. The van der Waals surface area contributed by atoms with Gasteiger partial charge in [-0.15, -0.1) is 0 Å². The fourth-order valence-electron chi connectivity index (χ4n) is 3.32. The second kappa shape index (κ2) is 8.49. The van der Waals surface area contributed by atoms with Crippen LogP contribution in [0.25, 0.3) is 0 Å². The first kappa shape index (κ1) is 20.0. The predicted molar refractivity (Wildman–Crippen MR) is 107 cm³/mol. The number of carbonyl (C=O) groups is 2. The monoisotopic (exact) mass is 403 g/mol. The minimum absolute atomic E-state index is 0.0317. The Kier molecular flexibility index (Phi) is 6.05. The minimum Gasteiger partial charge on any atom is -0.327 e. The van der Waals surface area contributed by atoms with Crippen molar-refractivity contribution in [2.45, 2.75) is 13.8 Å². The van der Waals surface area contributed by atoms with Gasteiger partial charge in [0.2, 0.25) is 0 Å². The number of nitrogens with zero attached hydrogens (tertiary/aromatic N) is 2. The summed E-state index contributed by atoms with van der Waals surface area (Å²) in [6.45, 7) is 6.66. The Morgan fingerprint density at radius 2 is 1.82 bits per heavy atom. The first-order valence-electron chi connectivity index (χ1n) is 9.08. The lowest BCUT2D eigenvalue weighted by atomic mass is 10.1. The molecule has 1 aromatic heterocycles. The van der Waals surface area contributed by atoms with Crippen molar-refractivity contribution in [3.05, 3.63) is 56.5 Å². The largest absolute Gasteiger partial charge is 0.327 e. The molecule has 1 saturated heterocycles. The van der Waals surface area contributed by atoms with E-state index in [1.165, 1.54) is 12.1 Å². The van der Waals surface area contributed by atoms with E-state index in [-0.39, 0.29) is 16.8 Å². The summed E-state index contributed by atoms with van der Waals surface area (Å²) < 4.78 is 0. The highest BCUT2D eigenvalue weighted by molar-refractivity contribution is 7.17. The minimum atomic E-state index is -0.488. The molecule has 8 nitrogen and oxygen atoms in total. The number of para-hydroxylation sites is 1. The smallest absolute Gasteiger partial charge is 0.324 e. The van der Waals surface area contributed by atoms with Crippen LogP contribution < -0.4 is 10.2 Å². The maximum absolute atomic E-state index is 12.5. The zero-order valence-electron chi connectivity index (χ0n) is 15.9. The predicted octanol–water partition coefficient (Wildman–Crippen LogP) is 1.25. The Labute approximate surface area is 166 Å². The molecule has 0 spiro atoms. The molecule has 1 aliphatic rings. The van der Waals surface area contributed by atoms with Gasteiger partial charge in [0, 0.05) is 11.8 Å². The molecule has 1 fully saturated rings. The molecule has 0 saturated carbocycles. The van der Waals surface area contributed by atoms with E-state index >= 15 is 0 Å². The number of piperazine rings is 1. The van der Waals surface area contributed by atoms with Gasteiger partial charge in [-0.3, -0.25) is 19.7 Å². The van der Waals surface area contributed by atoms with Crippen LogP contribution in [0.5, 0.6) is 0 Å². The maximum Gasteiger partial charge on any atom is 0.324 e. The second-order valence-corrected chi connectivity index (χ2v) is 7.99. The van der Waals surface area contributed by atoms with Crippen molar-refractivity contribution < 1.29 is 19.4 Å². The summed E-state index contributed by atoms with van der Waals surface area (Å²) in [7, 11) is 0. The lowest BCUT2D eigenvalue weighted by Gasteiger charge is -2.31. The third kappa shape index (κ3) is 4.55. The van der Waals surface area contributed by atoms with E-state index in [1.807, 2.05) is 32.0 Å². The molecule has 9 heteroatoms. The first-order chi connectivity index (χ1) is 13.3. The molecule has 28 heavy (non-hydrogen) atoms. The van der Waals surface area contributed by atoms with Crippen molar-refractivity contribution in [2.75, 3.05) is 38.0 Å². The molecule has 2 amide bonds. The van der Waals surface area contributed by atoms with Gasteiger partial charge in [0.05, 0.1) is 36.0 Å². The molecular weight excluding hydrogens is 380 g/mol. The number of nitro groups is 1. The van der Waals surface area contributed by atoms with E-state index in [0.29, 0.717) is 37.6 Å². The van der Waals surface area contributed by atoms with Crippen LogP contribution in [0.2, 0.25) is 0 Å². The SMILES string of the molecule is Cc1cccc(C)c1NC(=O)C[NH+]1CCN(C(=O)c2ccc([N+](=O)[O-])s2)CC1. The van der Waals surface area contributed by atoms with Crippen molar-refractivity contribution in [1.82, 2.24) is 4.90 Å². The van der Waals surface area contributed by atoms with Crippen molar-refractivity contribution in [2.24, 2.45) is 0 Å². The van der Waals surface area contributed by atoms with Gasteiger partial charge in [-0.05, 0) is 31.0 Å². The van der Waals surface area contributed by atoms with E-state index in [4.69, 9.17) is 0 Å². The zero-order valence-corrected chi connectivity index (χ0v) is 16.7. The van der Waals surface area contributed by atoms with Gasteiger partial charge in [0.25, 0.3) is 11.8 Å².